The average Bonchev–Trinajstić information content (AvgIpc) is 2.54. The lowest BCUT2D eigenvalue weighted by atomic mass is 9.57. The molecule has 1 aromatic rings. The molecule has 0 aromatic heterocycles. The fraction of sp³-hybridized carbons (Fsp3) is 0.562. The number of ether oxygens (including phenoxy) is 1. The van der Waals surface area contributed by atoms with E-state index in [-0.39, 0.29) is 16.9 Å². The molecule has 2 aliphatic rings. The van der Waals surface area contributed by atoms with Crippen molar-refractivity contribution in [1.29, 1.82) is 0 Å². The molecule has 0 amide bonds. The van der Waals surface area contributed by atoms with E-state index >= 15 is 0 Å². The molecule has 0 bridgehead atoms. The highest BCUT2D eigenvalue weighted by molar-refractivity contribution is 6.40. The van der Waals surface area contributed by atoms with Gasteiger partial charge < -0.3 is 35.4 Å². The van der Waals surface area contributed by atoms with Crippen molar-refractivity contribution in [1.82, 2.24) is 0 Å². The molecule has 0 aliphatic heterocycles. The van der Waals surface area contributed by atoms with Crippen molar-refractivity contribution >= 4 is 17.4 Å². The van der Waals surface area contributed by atoms with Crippen LogP contribution in [0, 0.1) is 0 Å². The molecule has 8 nitrogen and oxygen atoms in total. The lowest BCUT2D eigenvalue weighted by molar-refractivity contribution is -0.236. The van der Waals surface area contributed by atoms with Crippen molar-refractivity contribution in [2.24, 2.45) is 0 Å². The van der Waals surface area contributed by atoms with Gasteiger partial charge in [-0.2, -0.15) is 0 Å². The summed E-state index contributed by atoms with van der Waals surface area (Å²) in [4.78, 5) is 10.4. The molecule has 0 heterocycles. The largest absolute Gasteiger partial charge is 0.507 e. The first kappa shape index (κ1) is 18.4. The first-order chi connectivity index (χ1) is 11.4. The van der Waals surface area contributed by atoms with Crippen LogP contribution >= 0.6 is 11.6 Å². The Labute approximate surface area is 147 Å². The van der Waals surface area contributed by atoms with Crippen LogP contribution in [-0.2, 0) is 0 Å². The van der Waals surface area contributed by atoms with Crippen LogP contribution in [0.15, 0.2) is 12.1 Å². The number of aliphatic hydroxyl groups excluding tert-OH is 3. The zero-order valence-electron chi connectivity index (χ0n) is 13.5. The summed E-state index contributed by atoms with van der Waals surface area (Å²) in [5, 5.41) is 62.8. The second kappa shape index (κ2) is 5.29. The lowest BCUT2D eigenvalue weighted by Gasteiger charge is -2.58. The van der Waals surface area contributed by atoms with Gasteiger partial charge in [0.2, 0.25) is 0 Å². The van der Waals surface area contributed by atoms with Crippen LogP contribution in [0.2, 0.25) is 0 Å². The summed E-state index contributed by atoms with van der Waals surface area (Å²) in [5.41, 5.74) is -5.06. The fourth-order valence-corrected chi connectivity index (χ4v) is 4.25. The topological polar surface area (TPSA) is 148 Å². The SMILES string of the molecule is COc1cc(O)c2c(c1)[C@H](O)[C@@]1(O)C[C@](C)(O)[C@@H](O)[C@@H](O)[C@]1(Cl)C2=O. The molecule has 138 valence electrons. The number of Topliss-reactive ketones (excluding diaryl/α,β-unsaturated/α-hetero) is 1. The average molecular weight is 375 g/mol. The number of methoxy groups -OCH3 is 1. The monoisotopic (exact) mass is 374 g/mol. The highest BCUT2D eigenvalue weighted by Gasteiger charge is 2.73. The Balaban J connectivity index is 2.31. The third-order valence-corrected chi connectivity index (χ3v) is 5.99. The molecular weight excluding hydrogens is 356 g/mol. The number of hydrogen-bond acceptors (Lipinski definition) is 8. The number of aromatic hydroxyl groups is 1. The second-order valence-electron chi connectivity index (χ2n) is 6.90. The van der Waals surface area contributed by atoms with E-state index in [0.717, 1.165) is 13.0 Å². The van der Waals surface area contributed by atoms with Crippen molar-refractivity contribution in [3.8, 4) is 11.5 Å². The number of phenolic OH excluding ortho intramolecular Hbond substituents is 1. The van der Waals surface area contributed by atoms with E-state index in [1.165, 1.54) is 13.2 Å². The summed E-state index contributed by atoms with van der Waals surface area (Å²) in [7, 11) is 1.31. The Hall–Kier alpha value is -1.42. The maximum Gasteiger partial charge on any atom is 0.193 e. The molecule has 1 aromatic carbocycles. The molecular formula is C16H19ClO8. The van der Waals surface area contributed by atoms with E-state index < -0.39 is 52.3 Å². The van der Waals surface area contributed by atoms with Crippen molar-refractivity contribution in [3.63, 3.8) is 0 Å². The van der Waals surface area contributed by atoms with Gasteiger partial charge in [-0.15, -0.1) is 11.6 Å². The van der Waals surface area contributed by atoms with Gasteiger partial charge in [-0.25, -0.2) is 0 Å². The minimum Gasteiger partial charge on any atom is -0.507 e. The van der Waals surface area contributed by atoms with Crippen LogP contribution in [0.1, 0.15) is 35.4 Å². The third-order valence-electron chi connectivity index (χ3n) is 5.26. The van der Waals surface area contributed by atoms with Crippen LogP contribution in [-0.4, -0.2) is 71.8 Å². The fourth-order valence-electron chi connectivity index (χ4n) is 3.86. The maximum atomic E-state index is 13.0. The molecule has 2 aliphatic carbocycles. The Bertz CT molecular complexity index is 750. The number of carbonyl (C=O) groups is 1. The number of phenols is 1. The van der Waals surface area contributed by atoms with Gasteiger partial charge >= 0.3 is 0 Å². The third kappa shape index (κ3) is 2.09. The van der Waals surface area contributed by atoms with Gasteiger partial charge in [-0.3, -0.25) is 4.79 Å². The molecule has 1 fully saturated rings. The molecule has 0 unspecified atom stereocenters. The Morgan fingerprint density at radius 2 is 1.80 bits per heavy atom. The highest BCUT2D eigenvalue weighted by atomic mass is 35.5. The predicted octanol–water partition coefficient (Wildman–Crippen LogP) is -0.784. The van der Waals surface area contributed by atoms with Gasteiger partial charge in [0.1, 0.15) is 35.4 Å². The molecule has 0 spiro atoms. The lowest BCUT2D eigenvalue weighted by Crippen LogP contribution is -2.77. The van der Waals surface area contributed by atoms with Crippen LogP contribution in [0.25, 0.3) is 0 Å². The molecule has 0 saturated heterocycles. The molecule has 3 rings (SSSR count). The smallest absolute Gasteiger partial charge is 0.193 e. The van der Waals surface area contributed by atoms with E-state index in [2.05, 4.69) is 0 Å². The van der Waals surface area contributed by atoms with Gasteiger partial charge in [-0.1, -0.05) is 0 Å². The zero-order chi connectivity index (χ0) is 18.9. The minimum absolute atomic E-state index is 0.122. The first-order valence-electron chi connectivity index (χ1n) is 7.55. The van der Waals surface area contributed by atoms with E-state index in [4.69, 9.17) is 16.3 Å². The van der Waals surface area contributed by atoms with E-state index in [9.17, 15) is 35.4 Å². The number of fused-ring (bicyclic) bond motifs is 2. The number of hydrogen-bond donors (Lipinski definition) is 6. The number of carbonyl (C=O) groups excluding carboxylic acids is 1. The van der Waals surface area contributed by atoms with Crippen LogP contribution in [0.3, 0.4) is 0 Å². The highest BCUT2D eigenvalue weighted by Crippen LogP contribution is 2.58. The molecule has 6 N–H and O–H groups in total. The van der Waals surface area contributed by atoms with Crippen molar-refractivity contribution in [2.75, 3.05) is 7.11 Å². The van der Waals surface area contributed by atoms with Crippen LogP contribution < -0.4 is 4.74 Å². The zero-order valence-corrected chi connectivity index (χ0v) is 14.2. The molecule has 6 atom stereocenters. The van der Waals surface area contributed by atoms with E-state index in [1.807, 2.05) is 0 Å². The van der Waals surface area contributed by atoms with Gasteiger partial charge in [0.25, 0.3) is 0 Å². The normalized spacial score (nSPS) is 43.4. The van der Waals surface area contributed by atoms with Crippen molar-refractivity contribution in [2.45, 2.75) is 47.7 Å². The Morgan fingerprint density at radius 3 is 2.36 bits per heavy atom. The number of aliphatic hydroxyl groups is 5. The standard InChI is InChI=1S/C16H19ClO8/c1-14(23)5-15(24)10(19)7-3-6(25-2)4-8(18)9(7)11(20)16(15,17)13(22)12(14)21/h3-4,10,12-13,18-19,21-24H,5H2,1-2H3/t10-,12-,13+,14-,15-,16+/m0/s1. The summed E-state index contributed by atoms with van der Waals surface area (Å²) in [6, 6.07) is 2.37. The second-order valence-corrected chi connectivity index (χ2v) is 7.50. The van der Waals surface area contributed by atoms with Gasteiger partial charge in [0.15, 0.2) is 10.7 Å². The van der Waals surface area contributed by atoms with Gasteiger partial charge in [0, 0.05) is 18.1 Å². The Kier molecular flexibility index (Phi) is 3.89. The van der Waals surface area contributed by atoms with E-state index in [1.54, 1.807) is 0 Å². The molecule has 9 heteroatoms. The van der Waals surface area contributed by atoms with Gasteiger partial charge in [-0.05, 0) is 13.0 Å². The number of ketones is 1. The number of rotatable bonds is 1. The molecule has 25 heavy (non-hydrogen) atoms. The molecule has 0 radical (unpaired) electrons. The summed E-state index contributed by atoms with van der Waals surface area (Å²) in [6.07, 6.45) is -6.48. The number of halogens is 1. The summed E-state index contributed by atoms with van der Waals surface area (Å²) < 4.78 is 4.98. The summed E-state index contributed by atoms with van der Waals surface area (Å²) in [6.45, 7) is 1.14. The minimum atomic E-state index is -2.56. The number of benzene rings is 1. The van der Waals surface area contributed by atoms with Crippen LogP contribution in [0.4, 0.5) is 0 Å². The Morgan fingerprint density at radius 1 is 1.20 bits per heavy atom. The predicted molar refractivity (Wildman–Crippen MR) is 84.7 cm³/mol. The quantitative estimate of drug-likeness (QED) is 0.351. The van der Waals surface area contributed by atoms with Gasteiger partial charge in [0.05, 0.1) is 18.3 Å². The number of alkyl halides is 1. The van der Waals surface area contributed by atoms with Crippen molar-refractivity contribution in [3.05, 3.63) is 23.3 Å². The first-order valence-corrected chi connectivity index (χ1v) is 7.93. The van der Waals surface area contributed by atoms with Crippen molar-refractivity contribution < 1.29 is 40.2 Å². The summed E-state index contributed by atoms with van der Waals surface area (Å²) >= 11 is 6.29. The summed E-state index contributed by atoms with van der Waals surface area (Å²) in [5.74, 6) is -1.50. The van der Waals surface area contributed by atoms with Crippen LogP contribution in [0.5, 0.6) is 11.5 Å². The maximum absolute atomic E-state index is 13.0. The molecule has 1 saturated carbocycles. The van der Waals surface area contributed by atoms with E-state index in [0.29, 0.717) is 0 Å².